The third kappa shape index (κ3) is 4.51. The molecular weight excluding hydrogens is 260 g/mol. The lowest BCUT2D eigenvalue weighted by molar-refractivity contribution is 0.0739. The van der Waals surface area contributed by atoms with Gasteiger partial charge in [-0.05, 0) is 36.9 Å². The molecule has 0 heterocycles. The quantitative estimate of drug-likeness (QED) is 0.924. The molecule has 0 unspecified atom stereocenters. The average molecular weight is 285 g/mol. The first-order valence-corrected chi connectivity index (χ1v) is 6.30. The Morgan fingerprint density at radius 2 is 1.74 bits per heavy atom. The molecule has 0 saturated heterocycles. The number of carbonyl (C=O) groups excluding carboxylic acids is 1. The van der Waals surface area contributed by atoms with Crippen molar-refractivity contribution >= 4 is 18.3 Å². The molecule has 0 radical (unpaired) electrons. The van der Waals surface area contributed by atoms with Gasteiger partial charge < -0.3 is 10.6 Å². The molecule has 0 aromatic heterocycles. The van der Waals surface area contributed by atoms with Crippen LogP contribution in [0.3, 0.4) is 0 Å². The van der Waals surface area contributed by atoms with Crippen molar-refractivity contribution in [3.63, 3.8) is 0 Å². The fourth-order valence-electron chi connectivity index (χ4n) is 2.12. The van der Waals surface area contributed by atoms with Gasteiger partial charge in [-0.15, -0.1) is 12.4 Å². The molecular formula is C15H25ClN2O. The van der Waals surface area contributed by atoms with Crippen molar-refractivity contribution in [2.45, 2.75) is 27.7 Å². The number of halogens is 1. The second kappa shape index (κ2) is 6.92. The van der Waals surface area contributed by atoms with Gasteiger partial charge in [-0.2, -0.15) is 0 Å². The minimum Gasteiger partial charge on any atom is -0.341 e. The van der Waals surface area contributed by atoms with Gasteiger partial charge in [0.05, 0.1) is 0 Å². The summed E-state index contributed by atoms with van der Waals surface area (Å²) in [5.74, 6) is 0.0760. The van der Waals surface area contributed by atoms with Crippen LogP contribution in [-0.2, 0) is 0 Å². The molecule has 19 heavy (non-hydrogen) atoms. The number of amides is 1. The summed E-state index contributed by atoms with van der Waals surface area (Å²) in [6.07, 6.45) is 0. The average Bonchev–Trinajstić information content (AvgIpc) is 2.28. The van der Waals surface area contributed by atoms with Crippen molar-refractivity contribution in [3.05, 3.63) is 34.9 Å². The number of hydrogen-bond donors (Lipinski definition) is 1. The zero-order chi connectivity index (χ0) is 13.9. The maximum absolute atomic E-state index is 12.5. The van der Waals surface area contributed by atoms with E-state index in [0.717, 1.165) is 16.7 Å². The van der Waals surface area contributed by atoms with Crippen molar-refractivity contribution < 1.29 is 4.79 Å². The Balaban J connectivity index is 0.00000324. The molecule has 0 aliphatic rings. The molecule has 1 amide bonds. The molecule has 4 heteroatoms. The van der Waals surface area contributed by atoms with Gasteiger partial charge in [0, 0.05) is 19.2 Å². The standard InChI is InChI=1S/C15H24N2O.ClH/c1-11-7-6-8-12(2)13(11)14(18)17(5)10-15(3,4)9-16;/h6-8H,9-10,16H2,1-5H3;1H. The molecule has 0 aliphatic carbocycles. The Bertz CT molecular complexity index is 424. The summed E-state index contributed by atoms with van der Waals surface area (Å²) in [4.78, 5) is 14.2. The fourth-order valence-corrected chi connectivity index (χ4v) is 2.12. The number of aryl methyl sites for hydroxylation is 2. The summed E-state index contributed by atoms with van der Waals surface area (Å²) < 4.78 is 0. The molecule has 2 N–H and O–H groups in total. The minimum atomic E-state index is -0.0546. The van der Waals surface area contributed by atoms with E-state index in [-0.39, 0.29) is 23.7 Å². The monoisotopic (exact) mass is 284 g/mol. The second-order valence-electron chi connectivity index (χ2n) is 5.80. The maximum Gasteiger partial charge on any atom is 0.254 e. The van der Waals surface area contributed by atoms with E-state index in [1.807, 2.05) is 39.1 Å². The van der Waals surface area contributed by atoms with E-state index in [0.29, 0.717) is 13.1 Å². The van der Waals surface area contributed by atoms with Gasteiger partial charge in [0.25, 0.3) is 5.91 Å². The molecule has 0 atom stereocenters. The summed E-state index contributed by atoms with van der Waals surface area (Å²) >= 11 is 0. The molecule has 0 bridgehead atoms. The van der Waals surface area contributed by atoms with Crippen LogP contribution < -0.4 is 5.73 Å². The van der Waals surface area contributed by atoms with Crippen molar-refractivity contribution in [1.29, 1.82) is 0 Å². The molecule has 108 valence electrons. The van der Waals surface area contributed by atoms with E-state index < -0.39 is 0 Å². The van der Waals surface area contributed by atoms with Crippen LogP contribution in [0.15, 0.2) is 18.2 Å². The first kappa shape index (κ1) is 17.9. The normalized spacial score (nSPS) is 10.8. The molecule has 1 aromatic rings. The molecule has 0 spiro atoms. The Labute approximate surface area is 122 Å². The molecule has 0 fully saturated rings. The van der Waals surface area contributed by atoms with Gasteiger partial charge in [-0.25, -0.2) is 0 Å². The van der Waals surface area contributed by atoms with E-state index in [4.69, 9.17) is 5.73 Å². The van der Waals surface area contributed by atoms with Crippen molar-refractivity contribution in [3.8, 4) is 0 Å². The van der Waals surface area contributed by atoms with E-state index in [1.54, 1.807) is 4.90 Å². The van der Waals surface area contributed by atoms with Gasteiger partial charge in [-0.3, -0.25) is 4.79 Å². The topological polar surface area (TPSA) is 46.3 Å². The van der Waals surface area contributed by atoms with Gasteiger partial charge in [-0.1, -0.05) is 32.0 Å². The highest BCUT2D eigenvalue weighted by atomic mass is 35.5. The zero-order valence-corrected chi connectivity index (χ0v) is 13.3. The Morgan fingerprint density at radius 3 is 2.16 bits per heavy atom. The maximum atomic E-state index is 12.5. The van der Waals surface area contributed by atoms with Crippen LogP contribution in [0.1, 0.15) is 35.3 Å². The fraction of sp³-hybridized carbons (Fsp3) is 0.533. The lowest BCUT2D eigenvalue weighted by Gasteiger charge is -2.29. The number of rotatable bonds is 4. The van der Waals surface area contributed by atoms with Gasteiger partial charge in [0.2, 0.25) is 0 Å². The van der Waals surface area contributed by atoms with Crippen LogP contribution in [0.4, 0.5) is 0 Å². The summed E-state index contributed by atoms with van der Waals surface area (Å²) in [5, 5.41) is 0. The molecule has 1 aromatic carbocycles. The van der Waals surface area contributed by atoms with Crippen LogP contribution in [0.5, 0.6) is 0 Å². The van der Waals surface area contributed by atoms with Crippen molar-refractivity contribution in [2.24, 2.45) is 11.1 Å². The summed E-state index contributed by atoms with van der Waals surface area (Å²) in [6.45, 7) is 9.32. The smallest absolute Gasteiger partial charge is 0.254 e. The highest BCUT2D eigenvalue weighted by Gasteiger charge is 2.23. The predicted molar refractivity (Wildman–Crippen MR) is 83.0 cm³/mol. The number of benzene rings is 1. The molecule has 0 aliphatic heterocycles. The Hall–Kier alpha value is -1.06. The lowest BCUT2D eigenvalue weighted by Crippen LogP contribution is -2.40. The zero-order valence-electron chi connectivity index (χ0n) is 12.5. The van der Waals surface area contributed by atoms with Gasteiger partial charge >= 0.3 is 0 Å². The summed E-state index contributed by atoms with van der Waals surface area (Å²) in [5.41, 5.74) is 8.52. The van der Waals surface area contributed by atoms with E-state index in [9.17, 15) is 4.79 Å². The van der Waals surface area contributed by atoms with E-state index in [2.05, 4.69) is 13.8 Å². The Kier molecular flexibility index (Phi) is 6.53. The third-order valence-corrected chi connectivity index (χ3v) is 3.26. The minimum absolute atomic E-state index is 0. The molecule has 0 saturated carbocycles. The first-order valence-electron chi connectivity index (χ1n) is 6.30. The van der Waals surface area contributed by atoms with Crippen LogP contribution >= 0.6 is 12.4 Å². The SMILES string of the molecule is Cc1cccc(C)c1C(=O)N(C)CC(C)(C)CN.Cl. The summed E-state index contributed by atoms with van der Waals surface area (Å²) in [6, 6.07) is 5.93. The van der Waals surface area contributed by atoms with Crippen LogP contribution in [0.25, 0.3) is 0 Å². The van der Waals surface area contributed by atoms with Gasteiger partial charge in [0.15, 0.2) is 0 Å². The van der Waals surface area contributed by atoms with Crippen molar-refractivity contribution in [2.75, 3.05) is 20.1 Å². The molecule has 3 nitrogen and oxygen atoms in total. The third-order valence-electron chi connectivity index (χ3n) is 3.26. The number of carbonyl (C=O) groups is 1. The van der Waals surface area contributed by atoms with Crippen molar-refractivity contribution in [1.82, 2.24) is 4.90 Å². The lowest BCUT2D eigenvalue weighted by atomic mass is 9.92. The predicted octanol–water partition coefficient (Wildman–Crippen LogP) is 2.78. The largest absolute Gasteiger partial charge is 0.341 e. The van der Waals surface area contributed by atoms with E-state index >= 15 is 0 Å². The number of nitrogens with zero attached hydrogens (tertiary/aromatic N) is 1. The summed E-state index contributed by atoms with van der Waals surface area (Å²) in [7, 11) is 1.84. The second-order valence-corrected chi connectivity index (χ2v) is 5.80. The van der Waals surface area contributed by atoms with Crippen LogP contribution in [-0.4, -0.2) is 30.9 Å². The van der Waals surface area contributed by atoms with Crippen LogP contribution in [0.2, 0.25) is 0 Å². The van der Waals surface area contributed by atoms with E-state index in [1.165, 1.54) is 0 Å². The number of hydrogen-bond acceptors (Lipinski definition) is 2. The number of nitrogens with two attached hydrogens (primary N) is 1. The Morgan fingerprint density at radius 1 is 1.26 bits per heavy atom. The first-order chi connectivity index (χ1) is 8.28. The highest BCUT2D eigenvalue weighted by Crippen LogP contribution is 2.19. The van der Waals surface area contributed by atoms with Gasteiger partial charge in [0.1, 0.15) is 0 Å². The highest BCUT2D eigenvalue weighted by molar-refractivity contribution is 5.96. The molecule has 1 rings (SSSR count). The van der Waals surface area contributed by atoms with Crippen LogP contribution in [0, 0.1) is 19.3 Å².